The number of rotatable bonds is 2. The second-order valence-corrected chi connectivity index (χ2v) is 7.55. The zero-order chi connectivity index (χ0) is 24.0. The van der Waals surface area contributed by atoms with Gasteiger partial charge < -0.3 is 16.0 Å². The normalized spacial score (nSPS) is 22.4. The molecule has 3 N–H and O–H groups in total. The highest BCUT2D eigenvalue weighted by Gasteiger charge is 2.34. The Morgan fingerprint density at radius 3 is 2.23 bits per heavy atom. The zero-order valence-corrected chi connectivity index (χ0v) is 21.2. The number of allylic oxidation sites excluding steroid dienone is 2. The average Bonchev–Trinajstić information content (AvgIpc) is 3.11. The minimum atomic E-state index is -0.0258. The molecule has 6 nitrogen and oxygen atoms in total. The molecule has 3 rings (SSSR count). The molecule has 1 unspecified atom stereocenters. The summed E-state index contributed by atoms with van der Waals surface area (Å²) in [4.78, 5) is 15.0. The highest BCUT2D eigenvalue weighted by Crippen LogP contribution is 2.33. The zero-order valence-electron chi connectivity index (χ0n) is 21.2. The molecule has 0 aromatic carbocycles. The van der Waals surface area contributed by atoms with E-state index in [4.69, 9.17) is 5.73 Å². The summed E-state index contributed by atoms with van der Waals surface area (Å²) in [6, 6.07) is -0.0258. The van der Waals surface area contributed by atoms with Gasteiger partial charge in [0.15, 0.2) is 0 Å². The van der Waals surface area contributed by atoms with E-state index >= 15 is 0 Å². The number of nitrogens with two attached hydrogens (primary N) is 1. The van der Waals surface area contributed by atoms with Gasteiger partial charge in [-0.3, -0.25) is 9.48 Å². The lowest BCUT2D eigenvalue weighted by atomic mass is 9.81. The van der Waals surface area contributed by atoms with Gasteiger partial charge in [-0.25, -0.2) is 0 Å². The van der Waals surface area contributed by atoms with Crippen molar-refractivity contribution in [2.75, 3.05) is 11.9 Å². The minimum absolute atomic E-state index is 0.0258. The van der Waals surface area contributed by atoms with Crippen LogP contribution in [0.25, 0.3) is 0 Å². The number of fused-ring (bicyclic) bond motifs is 1. The van der Waals surface area contributed by atoms with Crippen LogP contribution in [0, 0.1) is 11.8 Å². The van der Waals surface area contributed by atoms with Crippen LogP contribution in [0.1, 0.15) is 79.7 Å². The van der Waals surface area contributed by atoms with Crippen LogP contribution in [0.2, 0.25) is 0 Å². The van der Waals surface area contributed by atoms with E-state index in [9.17, 15) is 4.79 Å². The van der Waals surface area contributed by atoms with E-state index in [0.717, 1.165) is 49.3 Å². The van der Waals surface area contributed by atoms with E-state index in [0.29, 0.717) is 12.5 Å². The van der Waals surface area contributed by atoms with Gasteiger partial charge in [0.2, 0.25) is 5.91 Å². The molecule has 31 heavy (non-hydrogen) atoms. The monoisotopic (exact) mass is 433 g/mol. The van der Waals surface area contributed by atoms with Crippen molar-refractivity contribution in [2.24, 2.45) is 24.6 Å². The first-order valence-corrected chi connectivity index (χ1v) is 12.0. The van der Waals surface area contributed by atoms with Crippen molar-refractivity contribution < 1.29 is 4.79 Å². The van der Waals surface area contributed by atoms with Crippen LogP contribution < -0.4 is 11.1 Å². The van der Waals surface area contributed by atoms with Crippen molar-refractivity contribution in [3.8, 4) is 0 Å². The van der Waals surface area contributed by atoms with Crippen LogP contribution in [-0.2, 0) is 18.4 Å². The summed E-state index contributed by atoms with van der Waals surface area (Å²) in [5.74, 6) is 1.88. The van der Waals surface area contributed by atoms with E-state index in [1.165, 1.54) is 0 Å². The van der Waals surface area contributed by atoms with Crippen molar-refractivity contribution in [2.45, 2.75) is 86.7 Å². The molecule has 1 saturated carbocycles. The van der Waals surface area contributed by atoms with E-state index in [-0.39, 0.29) is 17.9 Å². The first-order chi connectivity index (χ1) is 14.9. The third kappa shape index (κ3) is 8.17. The van der Waals surface area contributed by atoms with Gasteiger partial charge in [0, 0.05) is 24.2 Å². The van der Waals surface area contributed by atoms with Crippen LogP contribution in [0.5, 0.6) is 0 Å². The van der Waals surface area contributed by atoms with Crippen molar-refractivity contribution in [1.82, 2.24) is 14.7 Å². The fourth-order valence-corrected chi connectivity index (χ4v) is 3.67. The topological polar surface area (TPSA) is 76.2 Å². The van der Waals surface area contributed by atoms with Gasteiger partial charge in [0.05, 0.1) is 18.8 Å². The van der Waals surface area contributed by atoms with E-state index in [1.807, 2.05) is 78.8 Å². The summed E-state index contributed by atoms with van der Waals surface area (Å²) in [7, 11) is 1.90. The molecule has 6 heteroatoms. The molecule has 1 amide bonds. The minimum Gasteiger partial charge on any atom is -0.342 e. The van der Waals surface area contributed by atoms with Crippen molar-refractivity contribution in [1.29, 1.82) is 0 Å². The molecule has 0 spiro atoms. The van der Waals surface area contributed by atoms with Crippen LogP contribution in [-0.4, -0.2) is 33.2 Å². The number of hydrogen-bond acceptors (Lipinski definition) is 4. The lowest BCUT2D eigenvalue weighted by Crippen LogP contribution is -2.43. The summed E-state index contributed by atoms with van der Waals surface area (Å²) in [6.07, 6.45) is 9.85. The largest absolute Gasteiger partial charge is 0.342 e. The van der Waals surface area contributed by atoms with Gasteiger partial charge in [-0.15, -0.1) is 0 Å². The third-order valence-corrected chi connectivity index (χ3v) is 5.75. The molecule has 1 aliphatic heterocycles. The van der Waals surface area contributed by atoms with Crippen LogP contribution in [0.3, 0.4) is 0 Å². The van der Waals surface area contributed by atoms with Gasteiger partial charge in [0.25, 0.3) is 0 Å². The SMILES string of the molecule is C/C=C/C.C=C1Nc2c(cnn2C)CN(C(=O)C2CCC(CN)CC2)C1C.CC.CC. The van der Waals surface area contributed by atoms with Crippen molar-refractivity contribution in [3.05, 3.63) is 36.2 Å². The summed E-state index contributed by atoms with van der Waals surface area (Å²) in [5, 5.41) is 7.61. The Bertz CT molecular complexity index is 667. The highest BCUT2D eigenvalue weighted by molar-refractivity contribution is 5.80. The Hall–Kier alpha value is -2.08. The molecule has 178 valence electrons. The average molecular weight is 434 g/mol. The molecule has 0 radical (unpaired) electrons. The Balaban J connectivity index is 0.000000992. The Kier molecular flexibility index (Phi) is 14.6. The smallest absolute Gasteiger partial charge is 0.226 e. The molecule has 1 fully saturated rings. The number of aryl methyl sites for hydroxylation is 1. The van der Waals surface area contributed by atoms with Crippen LogP contribution in [0.15, 0.2) is 30.6 Å². The fraction of sp³-hybridized carbons (Fsp3) is 0.680. The van der Waals surface area contributed by atoms with Crippen LogP contribution in [0.4, 0.5) is 5.82 Å². The first-order valence-electron chi connectivity index (χ1n) is 12.0. The van der Waals surface area contributed by atoms with Gasteiger partial charge in [0.1, 0.15) is 5.82 Å². The molecular formula is C25H47N5O. The number of hydrogen-bond donors (Lipinski definition) is 2. The van der Waals surface area contributed by atoms with E-state index in [1.54, 1.807) is 4.68 Å². The Morgan fingerprint density at radius 2 is 1.74 bits per heavy atom. The number of nitrogens with zero attached hydrogens (tertiary/aromatic N) is 3. The van der Waals surface area contributed by atoms with Gasteiger partial charge >= 0.3 is 0 Å². The summed E-state index contributed by atoms with van der Waals surface area (Å²) in [5.41, 5.74) is 7.65. The van der Waals surface area contributed by atoms with Crippen molar-refractivity contribution >= 4 is 11.7 Å². The van der Waals surface area contributed by atoms with Gasteiger partial charge in [-0.2, -0.15) is 5.10 Å². The summed E-state index contributed by atoms with van der Waals surface area (Å²) < 4.78 is 1.80. The summed E-state index contributed by atoms with van der Waals surface area (Å²) in [6.45, 7) is 19.5. The highest BCUT2D eigenvalue weighted by atomic mass is 16.2. The molecule has 1 aromatic heterocycles. The number of carbonyl (C=O) groups excluding carboxylic acids is 1. The standard InChI is InChI=1S/C17H27N5O.C4H8.2C2H6/c1-11-12(2)22(10-15-9-19-21(3)16(15)20-11)17(23)14-6-4-13(8-18)5-7-14;1-3-4-2;2*1-2/h9,12-14,20H,1,4-8,10,18H2,2-3H3;3-4H,1-2H3;2*1-2H3/b;4-3+;;. The predicted molar refractivity (Wildman–Crippen MR) is 134 cm³/mol. The molecule has 1 atom stereocenters. The number of anilines is 1. The molecular weight excluding hydrogens is 386 g/mol. The second kappa shape index (κ2) is 15.7. The Morgan fingerprint density at radius 1 is 1.19 bits per heavy atom. The van der Waals surface area contributed by atoms with Crippen molar-refractivity contribution in [3.63, 3.8) is 0 Å². The number of aromatic nitrogens is 2. The maximum absolute atomic E-state index is 13.1. The molecule has 1 aromatic rings. The molecule has 2 aliphatic rings. The fourth-order valence-electron chi connectivity index (χ4n) is 3.67. The maximum atomic E-state index is 13.1. The number of amides is 1. The third-order valence-electron chi connectivity index (χ3n) is 5.75. The molecule has 0 saturated heterocycles. The predicted octanol–water partition coefficient (Wildman–Crippen LogP) is 5.48. The number of nitrogens with one attached hydrogen (secondary N) is 1. The maximum Gasteiger partial charge on any atom is 0.226 e. The first kappa shape index (κ1) is 28.9. The summed E-state index contributed by atoms with van der Waals surface area (Å²) >= 11 is 0. The van der Waals surface area contributed by atoms with E-state index < -0.39 is 0 Å². The van der Waals surface area contributed by atoms with Crippen LogP contribution >= 0.6 is 0 Å². The van der Waals surface area contributed by atoms with Gasteiger partial charge in [-0.1, -0.05) is 46.4 Å². The van der Waals surface area contributed by atoms with E-state index in [2.05, 4.69) is 17.0 Å². The lowest BCUT2D eigenvalue weighted by molar-refractivity contribution is -0.138. The van der Waals surface area contributed by atoms with Gasteiger partial charge in [-0.05, 0) is 58.9 Å². The molecule has 2 heterocycles. The number of carbonyl (C=O) groups is 1. The molecule has 0 bridgehead atoms. The quantitative estimate of drug-likeness (QED) is 0.606. The molecule has 1 aliphatic carbocycles. The lowest BCUT2D eigenvalue weighted by Gasteiger charge is -2.34. The Labute approximate surface area is 191 Å². The second-order valence-electron chi connectivity index (χ2n) is 7.55.